The Kier molecular flexibility index (Phi) is 5.70. The summed E-state index contributed by atoms with van der Waals surface area (Å²) in [6.07, 6.45) is 3.17. The molecule has 6 nitrogen and oxygen atoms in total. The van der Waals surface area contributed by atoms with Crippen LogP contribution in [0.5, 0.6) is 0 Å². The normalized spacial score (nSPS) is 28.0. The predicted molar refractivity (Wildman–Crippen MR) is 100 cm³/mol. The van der Waals surface area contributed by atoms with Gasteiger partial charge >= 0.3 is 0 Å². The van der Waals surface area contributed by atoms with Gasteiger partial charge in [-0.25, -0.2) is 0 Å². The fourth-order valence-electron chi connectivity index (χ4n) is 2.90. The van der Waals surface area contributed by atoms with E-state index in [1.165, 1.54) is 6.20 Å². The number of aromatic nitrogens is 1. The zero-order chi connectivity index (χ0) is 19.0. The van der Waals surface area contributed by atoms with Crippen LogP contribution < -0.4 is 0 Å². The Balaban J connectivity index is 2.29. The van der Waals surface area contributed by atoms with E-state index in [2.05, 4.69) is 45.8 Å². The molecule has 0 bridgehead atoms. The lowest BCUT2D eigenvalue weighted by molar-refractivity contribution is -0.386. The first-order valence-electron chi connectivity index (χ1n) is 8.85. The van der Waals surface area contributed by atoms with E-state index in [1.54, 1.807) is 12.3 Å². The molecule has 0 aliphatic carbocycles. The van der Waals surface area contributed by atoms with Crippen LogP contribution in [0.4, 0.5) is 5.69 Å². The molecule has 0 aromatic carbocycles. The fourth-order valence-corrected chi connectivity index (χ4v) is 4.32. The SMILES string of the molecule is C[C@@H]1[C@@H](C)O[C@@H](c2ccncc2[N+](=O)[O-])C[C@H]1O[Si](C)(C)C(C)(C)C. The van der Waals surface area contributed by atoms with E-state index in [1.807, 2.05) is 6.92 Å². The van der Waals surface area contributed by atoms with Crippen molar-refractivity contribution in [2.45, 2.75) is 77.5 Å². The van der Waals surface area contributed by atoms with Gasteiger partial charge in [-0.05, 0) is 31.1 Å². The second-order valence-electron chi connectivity index (χ2n) is 8.53. The van der Waals surface area contributed by atoms with E-state index in [9.17, 15) is 10.1 Å². The fraction of sp³-hybridized carbons (Fsp3) is 0.722. The highest BCUT2D eigenvalue weighted by molar-refractivity contribution is 6.74. The molecule has 1 aromatic heterocycles. The summed E-state index contributed by atoms with van der Waals surface area (Å²) >= 11 is 0. The molecule has 0 radical (unpaired) electrons. The maximum Gasteiger partial charge on any atom is 0.293 e. The molecule has 1 aromatic rings. The number of hydrogen-bond acceptors (Lipinski definition) is 5. The third-order valence-corrected chi connectivity index (χ3v) is 10.3. The summed E-state index contributed by atoms with van der Waals surface area (Å²) in [4.78, 5) is 14.8. The molecule has 0 amide bonds. The average Bonchev–Trinajstić information content (AvgIpc) is 2.50. The third kappa shape index (κ3) is 4.27. The van der Waals surface area contributed by atoms with Crippen LogP contribution in [-0.4, -0.2) is 30.4 Å². The van der Waals surface area contributed by atoms with Crippen molar-refractivity contribution in [2.75, 3.05) is 0 Å². The Morgan fingerprint density at radius 1 is 1.36 bits per heavy atom. The number of nitrogens with zero attached hydrogens (tertiary/aromatic N) is 2. The van der Waals surface area contributed by atoms with Crippen LogP contribution in [0.25, 0.3) is 0 Å². The van der Waals surface area contributed by atoms with Gasteiger partial charge in [-0.2, -0.15) is 0 Å². The van der Waals surface area contributed by atoms with Crippen molar-refractivity contribution in [3.8, 4) is 0 Å². The maximum atomic E-state index is 11.3. The van der Waals surface area contributed by atoms with Crippen LogP contribution in [0.1, 0.15) is 52.7 Å². The summed E-state index contributed by atoms with van der Waals surface area (Å²) in [5, 5.41) is 11.5. The van der Waals surface area contributed by atoms with Crippen molar-refractivity contribution in [3.63, 3.8) is 0 Å². The van der Waals surface area contributed by atoms with Gasteiger partial charge in [-0.15, -0.1) is 0 Å². The zero-order valence-corrected chi connectivity index (χ0v) is 17.3. The van der Waals surface area contributed by atoms with Crippen molar-refractivity contribution in [1.29, 1.82) is 0 Å². The first kappa shape index (κ1) is 20.0. The summed E-state index contributed by atoms with van der Waals surface area (Å²) in [7, 11) is -1.93. The smallest absolute Gasteiger partial charge is 0.293 e. The monoisotopic (exact) mass is 366 g/mol. The van der Waals surface area contributed by atoms with E-state index in [0.29, 0.717) is 12.0 Å². The van der Waals surface area contributed by atoms with Gasteiger partial charge in [0.05, 0.1) is 28.8 Å². The molecule has 2 heterocycles. The molecule has 0 unspecified atom stereocenters. The molecule has 1 aliphatic rings. The minimum atomic E-state index is -1.93. The lowest BCUT2D eigenvalue weighted by Gasteiger charge is -2.45. The Hall–Kier alpha value is -1.31. The first-order valence-corrected chi connectivity index (χ1v) is 11.8. The zero-order valence-electron chi connectivity index (χ0n) is 16.3. The van der Waals surface area contributed by atoms with Gasteiger partial charge in [-0.3, -0.25) is 15.1 Å². The van der Waals surface area contributed by atoms with Crippen molar-refractivity contribution in [3.05, 3.63) is 34.1 Å². The molecule has 4 atom stereocenters. The van der Waals surface area contributed by atoms with E-state index < -0.39 is 13.2 Å². The van der Waals surface area contributed by atoms with Gasteiger partial charge < -0.3 is 9.16 Å². The van der Waals surface area contributed by atoms with Crippen LogP contribution in [0.2, 0.25) is 18.1 Å². The average molecular weight is 367 g/mol. The quantitative estimate of drug-likeness (QED) is 0.432. The van der Waals surface area contributed by atoms with Crippen LogP contribution in [0.15, 0.2) is 18.5 Å². The summed E-state index contributed by atoms with van der Waals surface area (Å²) in [5.74, 6) is 0.242. The minimum absolute atomic E-state index is 0.0142. The standard InChI is InChI=1S/C18H30N2O4Si/c1-12-13(2)23-17(14-8-9-19-11-15(14)20(21)22)10-16(12)24-25(6,7)18(3,4)5/h8-9,11-13,16-17H,10H2,1-7H3/t12-,13-,16-,17-/m1/s1. The molecule has 2 rings (SSSR count). The molecule has 140 valence electrons. The Morgan fingerprint density at radius 3 is 2.56 bits per heavy atom. The number of hydrogen-bond donors (Lipinski definition) is 0. The first-order chi connectivity index (χ1) is 11.4. The summed E-state index contributed by atoms with van der Waals surface area (Å²) < 4.78 is 12.8. The Bertz CT molecular complexity index is 630. The van der Waals surface area contributed by atoms with Gasteiger partial charge in [0.15, 0.2) is 8.32 Å². The van der Waals surface area contributed by atoms with Crippen LogP contribution in [0, 0.1) is 16.0 Å². The van der Waals surface area contributed by atoms with E-state index in [0.717, 1.165) is 0 Å². The Labute approximate surface area is 151 Å². The molecule has 7 heteroatoms. The summed E-state index contributed by atoms with van der Waals surface area (Å²) in [6, 6.07) is 1.69. The molecule has 1 saturated heterocycles. The van der Waals surface area contributed by atoms with Crippen LogP contribution >= 0.6 is 0 Å². The predicted octanol–water partition coefficient (Wildman–Crippen LogP) is 4.87. The maximum absolute atomic E-state index is 11.3. The van der Waals surface area contributed by atoms with E-state index in [-0.39, 0.29) is 35.0 Å². The van der Waals surface area contributed by atoms with Gasteiger partial charge in [0, 0.05) is 18.5 Å². The molecule has 0 spiro atoms. The van der Waals surface area contributed by atoms with Crippen LogP contribution in [-0.2, 0) is 9.16 Å². The molecule has 25 heavy (non-hydrogen) atoms. The molecular formula is C18H30N2O4Si. The highest BCUT2D eigenvalue weighted by atomic mass is 28.4. The molecule has 0 N–H and O–H groups in total. The highest BCUT2D eigenvalue weighted by Crippen LogP contribution is 2.43. The van der Waals surface area contributed by atoms with Crippen molar-refractivity contribution >= 4 is 14.0 Å². The topological polar surface area (TPSA) is 74.5 Å². The van der Waals surface area contributed by atoms with Crippen molar-refractivity contribution in [2.24, 2.45) is 5.92 Å². The number of nitro groups is 1. The third-order valence-electron chi connectivity index (χ3n) is 5.78. The largest absolute Gasteiger partial charge is 0.413 e. The summed E-state index contributed by atoms with van der Waals surface area (Å²) in [5.41, 5.74) is 0.600. The molecular weight excluding hydrogens is 336 g/mol. The van der Waals surface area contributed by atoms with Gasteiger partial charge in [-0.1, -0.05) is 27.7 Å². The van der Waals surface area contributed by atoms with Gasteiger partial charge in [0.25, 0.3) is 5.69 Å². The van der Waals surface area contributed by atoms with Crippen molar-refractivity contribution < 1.29 is 14.1 Å². The second kappa shape index (κ2) is 7.13. The molecule has 1 fully saturated rings. The van der Waals surface area contributed by atoms with Crippen LogP contribution in [0.3, 0.4) is 0 Å². The van der Waals surface area contributed by atoms with E-state index >= 15 is 0 Å². The lowest BCUT2D eigenvalue weighted by Crippen LogP contribution is -2.49. The number of ether oxygens (including phenoxy) is 1. The van der Waals surface area contributed by atoms with E-state index in [4.69, 9.17) is 9.16 Å². The Morgan fingerprint density at radius 2 is 2.00 bits per heavy atom. The van der Waals surface area contributed by atoms with Gasteiger partial charge in [0.1, 0.15) is 6.20 Å². The highest BCUT2D eigenvalue weighted by Gasteiger charge is 2.44. The lowest BCUT2D eigenvalue weighted by atomic mass is 9.88. The summed E-state index contributed by atoms with van der Waals surface area (Å²) in [6.45, 7) is 15.3. The molecule has 1 aliphatic heterocycles. The van der Waals surface area contributed by atoms with Crippen molar-refractivity contribution in [1.82, 2.24) is 4.98 Å². The number of rotatable bonds is 4. The molecule has 0 saturated carbocycles. The van der Waals surface area contributed by atoms with Gasteiger partial charge in [0.2, 0.25) is 0 Å². The minimum Gasteiger partial charge on any atom is -0.413 e. The second-order valence-corrected chi connectivity index (χ2v) is 13.3. The number of pyridine rings is 1.